The number of primary sulfonamides is 1. The second-order valence-corrected chi connectivity index (χ2v) is 7.04. The van der Waals surface area contributed by atoms with Crippen LogP contribution in [-0.2, 0) is 20.0 Å². The summed E-state index contributed by atoms with van der Waals surface area (Å²) in [6, 6.07) is 4.54. The summed E-state index contributed by atoms with van der Waals surface area (Å²) in [6.45, 7) is 0. The molecule has 12 heteroatoms. The third-order valence-electron chi connectivity index (χ3n) is 2.32. The molecule has 0 atom stereocenters. The molecule has 4 N–H and O–H groups in total. The zero-order valence-corrected chi connectivity index (χ0v) is 12.3. The summed E-state index contributed by atoms with van der Waals surface area (Å²) >= 11 is 0. The molecule has 114 valence electrons. The van der Waals surface area contributed by atoms with Gasteiger partial charge in [0.05, 0.1) is 16.9 Å². The minimum Gasteiger partial charge on any atom is -0.466 e. The lowest BCUT2D eigenvalue weighted by Crippen LogP contribution is -2.16. The summed E-state index contributed by atoms with van der Waals surface area (Å²) in [5, 5.41) is 10.8. The van der Waals surface area contributed by atoms with E-state index in [0.717, 1.165) is 6.07 Å². The van der Waals surface area contributed by atoms with Crippen molar-refractivity contribution in [3.63, 3.8) is 0 Å². The predicted molar refractivity (Wildman–Crippen MR) is 71.6 cm³/mol. The van der Waals surface area contributed by atoms with Gasteiger partial charge in [-0.15, -0.1) is 5.10 Å². The molecule has 0 fully saturated rings. The molecule has 0 amide bonds. The fourth-order valence-electron chi connectivity index (χ4n) is 1.39. The van der Waals surface area contributed by atoms with Crippen LogP contribution in [0.4, 0.5) is 5.95 Å². The normalized spacial score (nSPS) is 12.1. The zero-order chi connectivity index (χ0) is 15.7. The number of hydrogen-bond acceptors (Lipinski definition) is 7. The summed E-state index contributed by atoms with van der Waals surface area (Å²) in [4.78, 5) is 3.08. The summed E-state index contributed by atoms with van der Waals surface area (Å²) in [7, 11) is -6.74. The molecule has 0 saturated carbocycles. The first-order chi connectivity index (χ1) is 9.72. The van der Waals surface area contributed by atoms with Crippen LogP contribution in [0.2, 0.25) is 0 Å². The number of benzene rings is 1. The number of H-pyrrole nitrogens is 1. The Hall–Kier alpha value is -2.18. The average Bonchev–Trinajstić information content (AvgIpc) is 2.85. The van der Waals surface area contributed by atoms with E-state index in [-0.39, 0.29) is 21.7 Å². The van der Waals surface area contributed by atoms with Crippen LogP contribution in [0.25, 0.3) is 0 Å². The van der Waals surface area contributed by atoms with E-state index in [2.05, 4.69) is 19.9 Å². The quantitative estimate of drug-likeness (QED) is 0.650. The molecule has 1 heterocycles. The number of nitrogens with one attached hydrogen (secondary N) is 2. The van der Waals surface area contributed by atoms with Crippen LogP contribution >= 0.6 is 0 Å². The van der Waals surface area contributed by atoms with Gasteiger partial charge in [0.2, 0.25) is 16.0 Å². The van der Waals surface area contributed by atoms with E-state index >= 15 is 0 Å². The van der Waals surface area contributed by atoms with Gasteiger partial charge in [0.25, 0.3) is 10.0 Å². The van der Waals surface area contributed by atoms with Crippen LogP contribution in [0.15, 0.2) is 34.1 Å². The van der Waals surface area contributed by atoms with Gasteiger partial charge in [-0.3, -0.25) is 0 Å². The van der Waals surface area contributed by atoms with Gasteiger partial charge in [0, 0.05) is 0 Å². The highest BCUT2D eigenvalue weighted by Crippen LogP contribution is 2.17. The van der Waals surface area contributed by atoms with Crippen molar-refractivity contribution in [2.45, 2.75) is 9.79 Å². The first-order valence-electron chi connectivity index (χ1n) is 5.34. The third kappa shape index (κ3) is 3.48. The second kappa shape index (κ2) is 5.31. The van der Waals surface area contributed by atoms with Gasteiger partial charge < -0.3 is 4.74 Å². The molecule has 0 aliphatic carbocycles. The van der Waals surface area contributed by atoms with Crippen LogP contribution in [0.1, 0.15) is 0 Å². The van der Waals surface area contributed by atoms with Crippen LogP contribution in [0.5, 0.6) is 6.01 Å². The van der Waals surface area contributed by atoms with E-state index in [0.29, 0.717) is 0 Å². The van der Waals surface area contributed by atoms with Crippen molar-refractivity contribution in [2.24, 2.45) is 5.14 Å². The largest absolute Gasteiger partial charge is 0.466 e. The molecule has 2 aromatic rings. The lowest BCUT2D eigenvalue weighted by molar-refractivity contribution is 0.382. The van der Waals surface area contributed by atoms with Gasteiger partial charge >= 0.3 is 6.01 Å². The fourth-order valence-corrected chi connectivity index (χ4v) is 3.03. The SMILES string of the molecule is COc1n[nH]c(NS(=O)(=O)c2cccc(S(N)(=O)=O)c2)n1. The first kappa shape index (κ1) is 15.2. The topological polar surface area (TPSA) is 157 Å². The molecule has 0 bridgehead atoms. The Morgan fingerprint density at radius 3 is 2.48 bits per heavy atom. The van der Waals surface area contributed by atoms with Crippen LogP contribution in [0, 0.1) is 0 Å². The number of hydrogen-bond donors (Lipinski definition) is 3. The number of nitrogens with two attached hydrogens (primary N) is 1. The van der Waals surface area contributed by atoms with Crippen LogP contribution in [0.3, 0.4) is 0 Å². The smallest absolute Gasteiger partial charge is 0.336 e. The predicted octanol–water partition coefficient (Wildman–Crippen LogP) is -0.738. The Morgan fingerprint density at radius 1 is 1.24 bits per heavy atom. The zero-order valence-electron chi connectivity index (χ0n) is 10.6. The number of aromatic nitrogens is 3. The van der Waals surface area contributed by atoms with E-state index in [4.69, 9.17) is 9.88 Å². The number of anilines is 1. The summed E-state index contributed by atoms with van der Waals surface area (Å²) in [5.74, 6) is -0.173. The molecular weight excluding hydrogens is 322 g/mol. The van der Waals surface area contributed by atoms with Gasteiger partial charge in [-0.2, -0.15) is 4.98 Å². The molecule has 0 aliphatic rings. The van der Waals surface area contributed by atoms with Crippen molar-refractivity contribution in [3.8, 4) is 6.01 Å². The van der Waals surface area contributed by atoms with Crippen molar-refractivity contribution in [1.82, 2.24) is 15.2 Å². The molecule has 0 aliphatic heterocycles. The molecule has 21 heavy (non-hydrogen) atoms. The van der Waals surface area contributed by atoms with Gasteiger partial charge in [0.1, 0.15) is 0 Å². The number of ether oxygens (including phenoxy) is 1. The van der Waals surface area contributed by atoms with Crippen LogP contribution in [-0.4, -0.2) is 39.1 Å². The number of methoxy groups -OCH3 is 1. The number of nitrogens with zero attached hydrogens (tertiary/aromatic N) is 2. The van der Waals surface area contributed by atoms with E-state index in [9.17, 15) is 16.8 Å². The highest BCUT2D eigenvalue weighted by Gasteiger charge is 2.19. The lowest BCUT2D eigenvalue weighted by Gasteiger charge is -2.06. The standard InChI is InChI=1S/C9H11N5O5S2/c1-19-9-11-8(12-13-9)14-21(17,18)7-4-2-3-6(5-7)20(10,15)16/h2-5H,1H3,(H2,10,15,16)(H2,11,12,13,14). The Labute approximate surface area is 120 Å². The van der Waals surface area contributed by atoms with Crippen molar-refractivity contribution >= 4 is 26.0 Å². The van der Waals surface area contributed by atoms with Gasteiger partial charge in [-0.05, 0) is 18.2 Å². The fraction of sp³-hybridized carbons (Fsp3) is 0.111. The van der Waals surface area contributed by atoms with Gasteiger partial charge in [0.15, 0.2) is 0 Å². The minimum absolute atomic E-state index is 0.0500. The number of aromatic amines is 1. The van der Waals surface area contributed by atoms with E-state index in [1.807, 2.05) is 0 Å². The number of rotatable bonds is 5. The molecule has 10 nitrogen and oxygen atoms in total. The van der Waals surface area contributed by atoms with Crippen LogP contribution < -0.4 is 14.6 Å². The van der Waals surface area contributed by atoms with Crippen molar-refractivity contribution in [1.29, 1.82) is 0 Å². The van der Waals surface area contributed by atoms with E-state index in [1.165, 1.54) is 25.3 Å². The van der Waals surface area contributed by atoms with Crippen molar-refractivity contribution in [3.05, 3.63) is 24.3 Å². The summed E-state index contributed by atoms with van der Waals surface area (Å²) in [5.41, 5.74) is 0. The molecule has 2 rings (SSSR count). The Bertz CT molecular complexity index is 858. The summed E-state index contributed by atoms with van der Waals surface area (Å²) in [6.07, 6.45) is 0. The second-order valence-electron chi connectivity index (χ2n) is 3.80. The average molecular weight is 333 g/mol. The molecule has 0 radical (unpaired) electrons. The first-order valence-corrected chi connectivity index (χ1v) is 8.37. The molecular formula is C9H11N5O5S2. The summed E-state index contributed by atoms with van der Waals surface area (Å²) < 4.78 is 53.5. The van der Waals surface area contributed by atoms with Gasteiger partial charge in [-0.1, -0.05) is 6.07 Å². The van der Waals surface area contributed by atoms with E-state index in [1.54, 1.807) is 0 Å². The monoisotopic (exact) mass is 333 g/mol. The Morgan fingerprint density at radius 2 is 1.90 bits per heavy atom. The maximum absolute atomic E-state index is 12.1. The molecule has 1 aromatic heterocycles. The Kier molecular flexibility index (Phi) is 3.85. The highest BCUT2D eigenvalue weighted by atomic mass is 32.2. The highest BCUT2D eigenvalue weighted by molar-refractivity contribution is 7.92. The molecule has 0 saturated heterocycles. The molecule has 0 unspecified atom stereocenters. The molecule has 1 aromatic carbocycles. The van der Waals surface area contributed by atoms with Crippen molar-refractivity contribution in [2.75, 3.05) is 11.8 Å². The maximum Gasteiger partial charge on any atom is 0.336 e. The van der Waals surface area contributed by atoms with Crippen molar-refractivity contribution < 1.29 is 21.6 Å². The number of sulfonamides is 2. The van der Waals surface area contributed by atoms with Gasteiger partial charge in [-0.25, -0.2) is 31.8 Å². The third-order valence-corrected chi connectivity index (χ3v) is 4.57. The molecule has 0 spiro atoms. The lowest BCUT2D eigenvalue weighted by atomic mass is 10.4. The van der Waals surface area contributed by atoms with E-state index < -0.39 is 20.0 Å². The maximum atomic E-state index is 12.1. The minimum atomic E-state index is -4.05. The Balaban J connectivity index is 2.35.